The zero-order valence-electron chi connectivity index (χ0n) is 26.5. The van der Waals surface area contributed by atoms with Crippen LogP contribution in [-0.4, -0.2) is 9.13 Å². The molecule has 0 aliphatic heterocycles. The van der Waals surface area contributed by atoms with Gasteiger partial charge in [-0.2, -0.15) is 0 Å². The van der Waals surface area contributed by atoms with Crippen LogP contribution in [0.2, 0.25) is 0 Å². The Morgan fingerprint density at radius 2 is 1.02 bits per heavy atom. The van der Waals surface area contributed by atoms with E-state index in [0.717, 1.165) is 44.4 Å². The third-order valence-electron chi connectivity index (χ3n) is 10.3. The van der Waals surface area contributed by atoms with Crippen LogP contribution in [-0.2, 0) is 0 Å². The third kappa shape index (κ3) is 3.73. The zero-order chi connectivity index (χ0) is 32.1. The second-order valence-electron chi connectivity index (χ2n) is 12.9. The van der Waals surface area contributed by atoms with E-state index in [1.165, 1.54) is 54.4 Å². The minimum atomic E-state index is 0.906. The van der Waals surface area contributed by atoms with Gasteiger partial charge in [-0.1, -0.05) is 115 Å². The van der Waals surface area contributed by atoms with Gasteiger partial charge >= 0.3 is 0 Å². The highest BCUT2D eigenvalue weighted by atomic mass is 16.3. The summed E-state index contributed by atoms with van der Waals surface area (Å²) in [4.78, 5) is 0. The number of fused-ring (bicyclic) bond motifs is 12. The summed E-state index contributed by atoms with van der Waals surface area (Å²) in [5.74, 6) is 0. The van der Waals surface area contributed by atoms with Gasteiger partial charge in [0.1, 0.15) is 11.2 Å². The molecule has 0 spiro atoms. The molecule has 0 fully saturated rings. The Morgan fingerprint density at radius 3 is 1.94 bits per heavy atom. The molecule has 3 heteroatoms. The summed E-state index contributed by atoms with van der Waals surface area (Å²) in [7, 11) is 0. The molecule has 0 saturated carbocycles. The maximum absolute atomic E-state index is 6.29. The SMILES string of the molecule is c1ccc(-n2c3ccccc3c3ccc4c(c5ccc6ccccc6c5n4-c4cccc(-c5ccc6c(c5)oc5ccccc56)c4)c32)cc1. The highest BCUT2D eigenvalue weighted by Gasteiger charge is 2.22. The molecule has 8 aromatic carbocycles. The Balaban J connectivity index is 1.24. The maximum Gasteiger partial charge on any atom is 0.136 e. The number of furan rings is 1. The van der Waals surface area contributed by atoms with E-state index < -0.39 is 0 Å². The van der Waals surface area contributed by atoms with Crippen molar-refractivity contribution in [2.24, 2.45) is 0 Å². The Kier molecular flexibility index (Phi) is 5.38. The van der Waals surface area contributed by atoms with Crippen LogP contribution < -0.4 is 0 Å². The van der Waals surface area contributed by atoms with Gasteiger partial charge in [0.2, 0.25) is 0 Å². The van der Waals surface area contributed by atoms with E-state index in [9.17, 15) is 0 Å². The molecule has 11 rings (SSSR count). The van der Waals surface area contributed by atoms with Crippen molar-refractivity contribution in [2.75, 3.05) is 0 Å². The minimum Gasteiger partial charge on any atom is -0.456 e. The van der Waals surface area contributed by atoms with Gasteiger partial charge in [-0.25, -0.2) is 0 Å². The average Bonchev–Trinajstić information content (AvgIpc) is 3.82. The van der Waals surface area contributed by atoms with Gasteiger partial charge < -0.3 is 13.6 Å². The van der Waals surface area contributed by atoms with Gasteiger partial charge in [0, 0.05) is 49.1 Å². The van der Waals surface area contributed by atoms with Gasteiger partial charge in [0.05, 0.1) is 22.1 Å². The van der Waals surface area contributed by atoms with Crippen LogP contribution in [0.15, 0.2) is 174 Å². The molecule has 0 aliphatic carbocycles. The normalized spacial score (nSPS) is 12.1. The van der Waals surface area contributed by atoms with Crippen LogP contribution in [0.4, 0.5) is 0 Å². The van der Waals surface area contributed by atoms with Gasteiger partial charge in [-0.05, 0) is 71.1 Å². The van der Waals surface area contributed by atoms with Gasteiger partial charge in [-0.15, -0.1) is 0 Å². The van der Waals surface area contributed by atoms with E-state index >= 15 is 0 Å². The molecule has 3 nitrogen and oxygen atoms in total. The Hall–Kier alpha value is -6.58. The zero-order valence-corrected chi connectivity index (χ0v) is 26.5. The monoisotopic (exact) mass is 624 g/mol. The number of nitrogens with zero attached hydrogens (tertiary/aromatic N) is 2. The molecule has 11 aromatic rings. The van der Waals surface area contributed by atoms with E-state index in [4.69, 9.17) is 4.42 Å². The van der Waals surface area contributed by atoms with Crippen LogP contribution >= 0.6 is 0 Å². The van der Waals surface area contributed by atoms with Crippen molar-refractivity contribution in [3.63, 3.8) is 0 Å². The Morgan fingerprint density at radius 1 is 0.347 bits per heavy atom. The van der Waals surface area contributed by atoms with E-state index in [2.05, 4.69) is 167 Å². The summed E-state index contributed by atoms with van der Waals surface area (Å²) in [5.41, 5.74) is 11.2. The largest absolute Gasteiger partial charge is 0.456 e. The van der Waals surface area contributed by atoms with E-state index in [-0.39, 0.29) is 0 Å². The molecular weight excluding hydrogens is 597 g/mol. The molecule has 0 amide bonds. The summed E-state index contributed by atoms with van der Waals surface area (Å²) < 4.78 is 11.2. The van der Waals surface area contributed by atoms with E-state index in [1.807, 2.05) is 12.1 Å². The molecule has 228 valence electrons. The van der Waals surface area contributed by atoms with Crippen molar-refractivity contribution in [2.45, 2.75) is 0 Å². The van der Waals surface area contributed by atoms with Crippen LogP contribution in [0.5, 0.6) is 0 Å². The fourth-order valence-electron chi connectivity index (χ4n) is 8.16. The molecule has 49 heavy (non-hydrogen) atoms. The molecule has 0 radical (unpaired) electrons. The topological polar surface area (TPSA) is 23.0 Å². The Labute approximate surface area is 281 Å². The lowest BCUT2D eigenvalue weighted by molar-refractivity contribution is 0.669. The summed E-state index contributed by atoms with van der Waals surface area (Å²) in [6, 6.07) is 61.3. The first-order valence-electron chi connectivity index (χ1n) is 16.8. The molecule has 0 aliphatic rings. The van der Waals surface area contributed by atoms with Gasteiger partial charge in [0.25, 0.3) is 0 Å². The molecule has 0 bridgehead atoms. The number of hydrogen-bond donors (Lipinski definition) is 0. The summed E-state index contributed by atoms with van der Waals surface area (Å²) in [5, 5.41) is 9.77. The van der Waals surface area contributed by atoms with E-state index in [0.29, 0.717) is 0 Å². The fraction of sp³-hybridized carbons (Fsp3) is 0. The molecule has 0 saturated heterocycles. The first kappa shape index (κ1) is 26.5. The number of rotatable bonds is 3. The number of para-hydroxylation sites is 3. The smallest absolute Gasteiger partial charge is 0.136 e. The fourth-order valence-corrected chi connectivity index (χ4v) is 8.16. The lowest BCUT2D eigenvalue weighted by atomic mass is 10.0. The van der Waals surface area contributed by atoms with Crippen molar-refractivity contribution in [1.82, 2.24) is 9.13 Å². The molecule has 3 aromatic heterocycles. The van der Waals surface area contributed by atoms with Crippen LogP contribution in [0, 0.1) is 0 Å². The highest BCUT2D eigenvalue weighted by molar-refractivity contribution is 6.29. The van der Waals surface area contributed by atoms with Crippen LogP contribution in [0.25, 0.3) is 98.8 Å². The van der Waals surface area contributed by atoms with Crippen molar-refractivity contribution < 1.29 is 4.42 Å². The standard InChI is InChI=1S/C46H28N2O/c1-2-13-32(14-3-1)47-40-19-8-6-17-35(40)38-25-26-41-44(46(38)47)39-24-21-29-11-4-5-16-34(29)45(39)48(41)33-15-10-12-30(27-33)31-22-23-37-36-18-7-9-20-42(36)49-43(37)28-31/h1-28H. The lowest BCUT2D eigenvalue weighted by Gasteiger charge is -2.12. The van der Waals surface area contributed by atoms with Crippen molar-refractivity contribution >= 4 is 76.3 Å². The second kappa shape index (κ2) is 9.96. The third-order valence-corrected chi connectivity index (χ3v) is 10.3. The summed E-state index contributed by atoms with van der Waals surface area (Å²) >= 11 is 0. The first-order valence-corrected chi connectivity index (χ1v) is 16.8. The molecule has 0 unspecified atom stereocenters. The maximum atomic E-state index is 6.29. The molecule has 3 heterocycles. The van der Waals surface area contributed by atoms with Crippen molar-refractivity contribution in [3.05, 3.63) is 170 Å². The summed E-state index contributed by atoms with van der Waals surface area (Å²) in [6.07, 6.45) is 0. The van der Waals surface area contributed by atoms with Gasteiger partial charge in [-0.3, -0.25) is 0 Å². The van der Waals surface area contributed by atoms with Crippen LogP contribution in [0.1, 0.15) is 0 Å². The number of benzene rings is 8. The summed E-state index contributed by atoms with van der Waals surface area (Å²) in [6.45, 7) is 0. The Bertz CT molecular complexity index is 3100. The quantitative estimate of drug-likeness (QED) is 0.192. The molecular formula is C46H28N2O. The highest BCUT2D eigenvalue weighted by Crippen LogP contribution is 2.44. The predicted octanol–water partition coefficient (Wildman–Crippen LogP) is 12.6. The van der Waals surface area contributed by atoms with Gasteiger partial charge in [0.15, 0.2) is 0 Å². The average molecular weight is 625 g/mol. The first-order chi connectivity index (χ1) is 24.3. The molecule has 0 atom stereocenters. The number of hydrogen-bond acceptors (Lipinski definition) is 1. The van der Waals surface area contributed by atoms with Crippen molar-refractivity contribution in [1.29, 1.82) is 0 Å². The van der Waals surface area contributed by atoms with Crippen molar-refractivity contribution in [3.8, 4) is 22.5 Å². The lowest BCUT2D eigenvalue weighted by Crippen LogP contribution is -1.96. The molecule has 0 N–H and O–H groups in total. The predicted molar refractivity (Wildman–Crippen MR) is 205 cm³/mol. The minimum absolute atomic E-state index is 0.906. The second-order valence-corrected chi connectivity index (χ2v) is 12.9. The van der Waals surface area contributed by atoms with Crippen LogP contribution in [0.3, 0.4) is 0 Å². The number of aromatic nitrogens is 2. The van der Waals surface area contributed by atoms with E-state index in [1.54, 1.807) is 0 Å².